The maximum Gasteiger partial charge on any atom is 0.328 e. The van der Waals surface area contributed by atoms with Gasteiger partial charge in [-0.15, -0.1) is 0 Å². The van der Waals surface area contributed by atoms with Crippen molar-refractivity contribution >= 4 is 11.9 Å². The van der Waals surface area contributed by atoms with Gasteiger partial charge < -0.3 is 9.64 Å². The lowest BCUT2D eigenvalue weighted by Crippen LogP contribution is -2.43. The minimum atomic E-state index is -0.655. The average molecular weight is 297 g/mol. The molecule has 0 N–H and O–H groups in total. The molecule has 4 heteroatoms. The second kappa shape index (κ2) is 7.41. The van der Waals surface area contributed by atoms with Gasteiger partial charge in [-0.05, 0) is 24.6 Å². The Balaban J connectivity index is 2.29. The lowest BCUT2D eigenvalue weighted by atomic mass is 10.1. The van der Waals surface area contributed by atoms with Crippen LogP contribution in [-0.2, 0) is 16.1 Å². The molecule has 0 bridgehead atoms. The number of methoxy groups -OCH3 is 1. The molecule has 0 saturated heterocycles. The fourth-order valence-corrected chi connectivity index (χ4v) is 2.21. The molecule has 1 unspecified atom stereocenters. The number of rotatable bonds is 5. The summed E-state index contributed by atoms with van der Waals surface area (Å²) in [5.74, 6) is -0.623. The minimum absolute atomic E-state index is 0.192. The Hall–Kier alpha value is -2.62. The molecule has 2 aromatic rings. The van der Waals surface area contributed by atoms with Gasteiger partial charge in [0.25, 0.3) is 5.91 Å². The highest BCUT2D eigenvalue weighted by Crippen LogP contribution is 2.14. The van der Waals surface area contributed by atoms with Crippen LogP contribution in [0.1, 0.15) is 22.8 Å². The van der Waals surface area contributed by atoms with E-state index in [4.69, 9.17) is 4.74 Å². The molecule has 0 aliphatic carbocycles. The summed E-state index contributed by atoms with van der Waals surface area (Å²) in [6.07, 6.45) is 0. The summed E-state index contributed by atoms with van der Waals surface area (Å²) in [5, 5.41) is 0. The van der Waals surface area contributed by atoms with Crippen molar-refractivity contribution in [2.24, 2.45) is 0 Å². The first-order valence-corrected chi connectivity index (χ1v) is 7.11. The first kappa shape index (κ1) is 15.8. The van der Waals surface area contributed by atoms with Crippen molar-refractivity contribution in [1.29, 1.82) is 0 Å². The zero-order valence-electron chi connectivity index (χ0n) is 12.7. The molecule has 0 saturated carbocycles. The normalized spacial score (nSPS) is 11.5. The van der Waals surface area contributed by atoms with E-state index in [1.165, 1.54) is 12.0 Å². The van der Waals surface area contributed by atoms with Crippen molar-refractivity contribution in [3.05, 3.63) is 71.8 Å². The van der Waals surface area contributed by atoms with Crippen molar-refractivity contribution in [3.8, 4) is 0 Å². The molecule has 1 atom stereocenters. The Bertz CT molecular complexity index is 625. The van der Waals surface area contributed by atoms with Crippen LogP contribution in [0, 0.1) is 0 Å². The first-order valence-electron chi connectivity index (χ1n) is 7.11. The van der Waals surface area contributed by atoms with E-state index in [1.54, 1.807) is 31.2 Å². The third-order valence-electron chi connectivity index (χ3n) is 3.49. The lowest BCUT2D eigenvalue weighted by Gasteiger charge is -2.27. The quantitative estimate of drug-likeness (QED) is 0.797. The number of amides is 1. The summed E-state index contributed by atoms with van der Waals surface area (Å²) in [6.45, 7) is 2.03. The standard InChI is InChI=1S/C18H19NO3/c1-14(18(21)22-2)19(13-15-9-5-3-6-10-15)17(20)16-11-7-4-8-12-16/h3-12,14H,13H2,1-2H3. The zero-order chi connectivity index (χ0) is 15.9. The summed E-state index contributed by atoms with van der Waals surface area (Å²) in [5.41, 5.74) is 1.51. The first-order chi connectivity index (χ1) is 10.6. The van der Waals surface area contributed by atoms with E-state index in [-0.39, 0.29) is 5.91 Å². The molecular weight excluding hydrogens is 278 g/mol. The van der Waals surface area contributed by atoms with Gasteiger partial charge in [0, 0.05) is 12.1 Å². The summed E-state index contributed by atoms with van der Waals surface area (Å²) < 4.78 is 4.78. The Morgan fingerprint density at radius 3 is 2.09 bits per heavy atom. The van der Waals surface area contributed by atoms with Gasteiger partial charge in [-0.25, -0.2) is 4.79 Å². The zero-order valence-corrected chi connectivity index (χ0v) is 12.7. The van der Waals surface area contributed by atoms with Gasteiger partial charge in [0.2, 0.25) is 0 Å². The van der Waals surface area contributed by atoms with Crippen LogP contribution in [-0.4, -0.2) is 29.9 Å². The molecule has 0 heterocycles. The van der Waals surface area contributed by atoms with Gasteiger partial charge in [-0.1, -0.05) is 48.5 Å². The smallest absolute Gasteiger partial charge is 0.328 e. The molecule has 114 valence electrons. The fourth-order valence-electron chi connectivity index (χ4n) is 2.21. The minimum Gasteiger partial charge on any atom is -0.467 e. The number of ether oxygens (including phenoxy) is 1. The second-order valence-electron chi connectivity index (χ2n) is 4.98. The van der Waals surface area contributed by atoms with Crippen molar-refractivity contribution in [3.63, 3.8) is 0 Å². The van der Waals surface area contributed by atoms with Crippen LogP contribution in [0.5, 0.6) is 0 Å². The second-order valence-corrected chi connectivity index (χ2v) is 4.98. The highest BCUT2D eigenvalue weighted by Gasteiger charge is 2.27. The molecular formula is C18H19NO3. The Morgan fingerprint density at radius 1 is 1.00 bits per heavy atom. The Morgan fingerprint density at radius 2 is 1.55 bits per heavy atom. The van der Waals surface area contributed by atoms with Crippen LogP contribution in [0.25, 0.3) is 0 Å². The van der Waals surface area contributed by atoms with Gasteiger partial charge in [0.1, 0.15) is 6.04 Å². The van der Waals surface area contributed by atoms with Gasteiger partial charge in [0.15, 0.2) is 0 Å². The van der Waals surface area contributed by atoms with Crippen molar-refractivity contribution in [1.82, 2.24) is 4.90 Å². The molecule has 0 aliphatic rings. The number of carbonyl (C=O) groups excluding carboxylic acids is 2. The van der Waals surface area contributed by atoms with Gasteiger partial charge in [-0.2, -0.15) is 0 Å². The maximum absolute atomic E-state index is 12.7. The molecule has 0 spiro atoms. The van der Waals surface area contributed by atoms with Gasteiger partial charge in [0.05, 0.1) is 7.11 Å². The summed E-state index contributed by atoms with van der Waals surface area (Å²) in [7, 11) is 1.33. The van der Waals surface area contributed by atoms with E-state index in [2.05, 4.69) is 0 Å². The number of carbonyl (C=O) groups is 2. The number of hydrogen-bond donors (Lipinski definition) is 0. The van der Waals surface area contributed by atoms with Gasteiger partial charge in [-0.3, -0.25) is 4.79 Å². The van der Waals surface area contributed by atoms with E-state index >= 15 is 0 Å². The topological polar surface area (TPSA) is 46.6 Å². The van der Waals surface area contributed by atoms with E-state index in [1.807, 2.05) is 36.4 Å². The molecule has 22 heavy (non-hydrogen) atoms. The summed E-state index contributed by atoms with van der Waals surface area (Å²) >= 11 is 0. The van der Waals surface area contributed by atoms with Crippen molar-refractivity contribution in [2.45, 2.75) is 19.5 Å². The lowest BCUT2D eigenvalue weighted by molar-refractivity contribution is -0.145. The number of benzene rings is 2. The predicted molar refractivity (Wildman–Crippen MR) is 84.2 cm³/mol. The number of nitrogens with zero attached hydrogens (tertiary/aromatic N) is 1. The maximum atomic E-state index is 12.7. The number of hydrogen-bond acceptors (Lipinski definition) is 3. The van der Waals surface area contributed by atoms with Crippen LogP contribution < -0.4 is 0 Å². The average Bonchev–Trinajstić information content (AvgIpc) is 2.59. The predicted octanol–water partition coefficient (Wildman–Crippen LogP) is 2.89. The number of esters is 1. The van der Waals surface area contributed by atoms with Crippen LogP contribution in [0.4, 0.5) is 0 Å². The van der Waals surface area contributed by atoms with Crippen LogP contribution in [0.2, 0.25) is 0 Å². The fraction of sp³-hybridized carbons (Fsp3) is 0.222. The molecule has 0 radical (unpaired) electrons. The monoisotopic (exact) mass is 297 g/mol. The Kier molecular flexibility index (Phi) is 5.31. The molecule has 0 fully saturated rings. The van der Waals surface area contributed by atoms with Gasteiger partial charge >= 0.3 is 5.97 Å². The van der Waals surface area contributed by atoms with E-state index in [0.717, 1.165) is 5.56 Å². The van der Waals surface area contributed by atoms with Crippen molar-refractivity contribution in [2.75, 3.05) is 7.11 Å². The van der Waals surface area contributed by atoms with E-state index < -0.39 is 12.0 Å². The third kappa shape index (κ3) is 3.73. The van der Waals surface area contributed by atoms with Crippen LogP contribution >= 0.6 is 0 Å². The van der Waals surface area contributed by atoms with E-state index in [0.29, 0.717) is 12.1 Å². The highest BCUT2D eigenvalue weighted by atomic mass is 16.5. The third-order valence-corrected chi connectivity index (χ3v) is 3.49. The van der Waals surface area contributed by atoms with Crippen molar-refractivity contribution < 1.29 is 14.3 Å². The molecule has 0 aliphatic heterocycles. The Labute approximate surface area is 130 Å². The molecule has 4 nitrogen and oxygen atoms in total. The highest BCUT2D eigenvalue weighted by molar-refractivity contribution is 5.96. The summed E-state index contributed by atoms with van der Waals surface area (Å²) in [4.78, 5) is 26.1. The molecule has 2 rings (SSSR count). The van der Waals surface area contributed by atoms with E-state index in [9.17, 15) is 9.59 Å². The van der Waals surface area contributed by atoms with Crippen LogP contribution in [0.15, 0.2) is 60.7 Å². The molecule has 0 aromatic heterocycles. The molecule has 1 amide bonds. The SMILES string of the molecule is COC(=O)C(C)N(Cc1ccccc1)C(=O)c1ccccc1. The molecule has 2 aromatic carbocycles. The largest absolute Gasteiger partial charge is 0.467 e. The van der Waals surface area contributed by atoms with Crippen LogP contribution in [0.3, 0.4) is 0 Å². The summed E-state index contributed by atoms with van der Waals surface area (Å²) in [6, 6.07) is 17.9.